The summed E-state index contributed by atoms with van der Waals surface area (Å²) in [6.07, 6.45) is 2.91. The van der Waals surface area contributed by atoms with E-state index in [1.165, 1.54) is 5.56 Å². The van der Waals surface area contributed by atoms with Crippen LogP contribution in [0.15, 0.2) is 46.9 Å². The number of halogens is 1. The zero-order chi connectivity index (χ0) is 15.6. The lowest BCUT2D eigenvalue weighted by molar-refractivity contribution is -0.181. The molecule has 0 aliphatic carbocycles. The minimum atomic E-state index is -0.163. The Bertz CT molecular complexity index is 695. The molecule has 2 aromatic carbocycles. The summed E-state index contributed by atoms with van der Waals surface area (Å²) in [7, 11) is 0. The summed E-state index contributed by atoms with van der Waals surface area (Å²) in [6, 6.07) is 14.4. The number of rotatable bonds is 2. The third-order valence-corrected chi connectivity index (χ3v) is 5.04. The van der Waals surface area contributed by atoms with Gasteiger partial charge in [-0.25, -0.2) is 0 Å². The van der Waals surface area contributed by atoms with Gasteiger partial charge in [0.1, 0.15) is 18.5 Å². The second kappa shape index (κ2) is 6.63. The van der Waals surface area contributed by atoms with Crippen LogP contribution < -0.4 is 4.74 Å². The molecule has 2 aromatic rings. The molecule has 3 nitrogen and oxygen atoms in total. The van der Waals surface area contributed by atoms with E-state index in [-0.39, 0.29) is 12.4 Å². The smallest absolute Gasteiger partial charge is 0.158 e. The largest absolute Gasteiger partial charge is 0.487 e. The maximum Gasteiger partial charge on any atom is 0.158 e. The molecule has 0 bridgehead atoms. The van der Waals surface area contributed by atoms with Crippen molar-refractivity contribution in [2.24, 2.45) is 0 Å². The average Bonchev–Trinajstić information content (AvgIpc) is 2.75. The van der Waals surface area contributed by atoms with Gasteiger partial charge in [0, 0.05) is 12.2 Å². The minimum Gasteiger partial charge on any atom is -0.487 e. The van der Waals surface area contributed by atoms with Crippen LogP contribution in [0.25, 0.3) is 0 Å². The van der Waals surface area contributed by atoms with Crippen molar-refractivity contribution in [2.45, 2.75) is 38.3 Å². The fourth-order valence-electron chi connectivity index (χ4n) is 3.24. The van der Waals surface area contributed by atoms with Crippen LogP contribution in [0.5, 0.6) is 5.75 Å². The lowest BCUT2D eigenvalue weighted by atomic mass is 9.97. The molecule has 1 saturated heterocycles. The molecule has 120 valence electrons. The van der Waals surface area contributed by atoms with Crippen LogP contribution >= 0.6 is 15.9 Å². The molecule has 0 spiro atoms. The van der Waals surface area contributed by atoms with Gasteiger partial charge < -0.3 is 14.2 Å². The molecule has 0 N–H and O–H groups in total. The summed E-state index contributed by atoms with van der Waals surface area (Å²) in [5.41, 5.74) is 3.38. The van der Waals surface area contributed by atoms with Crippen LogP contribution in [-0.2, 0) is 16.1 Å². The normalized spacial score (nSPS) is 23.3. The van der Waals surface area contributed by atoms with Crippen LogP contribution in [0.4, 0.5) is 0 Å². The molecule has 2 aliphatic heterocycles. The first-order chi connectivity index (χ1) is 11.3. The Morgan fingerprint density at radius 3 is 2.74 bits per heavy atom. The number of fused-ring (bicyclic) bond motifs is 2. The molecular weight excluding hydrogens is 356 g/mol. The summed E-state index contributed by atoms with van der Waals surface area (Å²) in [5.74, 6) is 0.865. The van der Waals surface area contributed by atoms with Gasteiger partial charge >= 0.3 is 0 Å². The molecule has 4 rings (SSSR count). The Kier molecular flexibility index (Phi) is 4.38. The van der Waals surface area contributed by atoms with Gasteiger partial charge in [-0.15, -0.1) is 0 Å². The maximum atomic E-state index is 6.40. The predicted molar refractivity (Wildman–Crippen MR) is 91.4 cm³/mol. The monoisotopic (exact) mass is 374 g/mol. The van der Waals surface area contributed by atoms with Crippen molar-refractivity contribution < 1.29 is 14.2 Å². The van der Waals surface area contributed by atoms with Crippen molar-refractivity contribution in [3.8, 4) is 5.75 Å². The van der Waals surface area contributed by atoms with E-state index < -0.39 is 0 Å². The Labute approximate surface area is 144 Å². The number of benzene rings is 2. The zero-order valence-electron chi connectivity index (χ0n) is 12.8. The van der Waals surface area contributed by atoms with E-state index in [9.17, 15) is 0 Å². The first-order valence-electron chi connectivity index (χ1n) is 8.09. The third-order valence-electron chi connectivity index (χ3n) is 4.42. The van der Waals surface area contributed by atoms with E-state index in [2.05, 4.69) is 40.2 Å². The van der Waals surface area contributed by atoms with Gasteiger partial charge in [0.2, 0.25) is 0 Å². The van der Waals surface area contributed by atoms with Gasteiger partial charge in [-0.3, -0.25) is 0 Å². The standard InChI is InChI=1S/C19H19BrO3/c20-16-9-5-8-15-18(23-17-10-3-4-11-21-17)14-7-2-1-6-13(14)12-22-19(15)16/h1-2,5-9,17-18H,3-4,10-12H2. The highest BCUT2D eigenvalue weighted by molar-refractivity contribution is 9.10. The number of hydrogen-bond acceptors (Lipinski definition) is 3. The van der Waals surface area contributed by atoms with E-state index in [0.29, 0.717) is 6.61 Å². The summed E-state index contributed by atoms with van der Waals surface area (Å²) in [4.78, 5) is 0. The van der Waals surface area contributed by atoms with E-state index in [1.807, 2.05) is 18.2 Å². The van der Waals surface area contributed by atoms with Gasteiger partial charge in [-0.05, 0) is 52.4 Å². The van der Waals surface area contributed by atoms with Crippen molar-refractivity contribution >= 4 is 15.9 Å². The number of para-hydroxylation sites is 1. The van der Waals surface area contributed by atoms with Crippen molar-refractivity contribution in [3.05, 3.63) is 63.6 Å². The summed E-state index contributed by atoms with van der Waals surface area (Å²) >= 11 is 3.60. The second-order valence-electron chi connectivity index (χ2n) is 5.96. The van der Waals surface area contributed by atoms with Crippen molar-refractivity contribution in [1.82, 2.24) is 0 Å². The van der Waals surface area contributed by atoms with Crippen molar-refractivity contribution in [1.29, 1.82) is 0 Å². The van der Waals surface area contributed by atoms with E-state index in [4.69, 9.17) is 14.2 Å². The molecule has 2 heterocycles. The molecule has 23 heavy (non-hydrogen) atoms. The summed E-state index contributed by atoms with van der Waals surface area (Å²) in [6.45, 7) is 1.33. The number of hydrogen-bond donors (Lipinski definition) is 0. The molecule has 0 saturated carbocycles. The highest BCUT2D eigenvalue weighted by Gasteiger charge is 2.29. The van der Waals surface area contributed by atoms with Gasteiger partial charge in [0.25, 0.3) is 0 Å². The quantitative estimate of drug-likeness (QED) is 0.742. The van der Waals surface area contributed by atoms with E-state index in [0.717, 1.165) is 47.2 Å². The Morgan fingerprint density at radius 2 is 1.87 bits per heavy atom. The molecule has 2 aliphatic rings. The average molecular weight is 375 g/mol. The second-order valence-corrected chi connectivity index (χ2v) is 6.81. The molecule has 1 fully saturated rings. The van der Waals surface area contributed by atoms with Gasteiger partial charge in [-0.1, -0.05) is 36.4 Å². The minimum absolute atomic E-state index is 0.147. The molecule has 0 amide bonds. The van der Waals surface area contributed by atoms with Crippen LogP contribution in [0, 0.1) is 0 Å². The summed E-state index contributed by atoms with van der Waals surface area (Å²) < 4.78 is 19.2. The molecule has 2 unspecified atom stereocenters. The Hall–Kier alpha value is -1.36. The molecule has 4 heteroatoms. The lowest BCUT2D eigenvalue weighted by Crippen LogP contribution is -2.25. The van der Waals surface area contributed by atoms with Gasteiger partial charge in [0.05, 0.1) is 4.47 Å². The van der Waals surface area contributed by atoms with Crippen LogP contribution in [0.1, 0.15) is 42.1 Å². The van der Waals surface area contributed by atoms with Crippen molar-refractivity contribution in [3.63, 3.8) is 0 Å². The lowest BCUT2D eigenvalue weighted by Gasteiger charge is -2.28. The molecular formula is C19H19BrO3. The Balaban J connectivity index is 1.76. The molecule has 0 aromatic heterocycles. The Morgan fingerprint density at radius 1 is 1.00 bits per heavy atom. The van der Waals surface area contributed by atoms with Crippen LogP contribution in [0.3, 0.4) is 0 Å². The first-order valence-corrected chi connectivity index (χ1v) is 8.88. The molecule has 0 radical (unpaired) electrons. The van der Waals surface area contributed by atoms with Gasteiger partial charge in [0.15, 0.2) is 6.29 Å². The first kappa shape index (κ1) is 15.2. The van der Waals surface area contributed by atoms with Crippen molar-refractivity contribution in [2.75, 3.05) is 6.61 Å². The summed E-state index contributed by atoms with van der Waals surface area (Å²) in [5, 5.41) is 0. The fraction of sp³-hybridized carbons (Fsp3) is 0.368. The molecule has 2 atom stereocenters. The highest BCUT2D eigenvalue weighted by atomic mass is 79.9. The zero-order valence-corrected chi connectivity index (χ0v) is 14.4. The van der Waals surface area contributed by atoms with Crippen LogP contribution in [-0.4, -0.2) is 12.9 Å². The maximum absolute atomic E-state index is 6.40. The number of ether oxygens (including phenoxy) is 3. The topological polar surface area (TPSA) is 27.7 Å². The SMILES string of the molecule is Brc1cccc2c1OCc1ccccc1C2OC1CCCCO1. The van der Waals surface area contributed by atoms with Gasteiger partial charge in [-0.2, -0.15) is 0 Å². The van der Waals surface area contributed by atoms with Crippen LogP contribution in [0.2, 0.25) is 0 Å². The predicted octanol–water partition coefficient (Wildman–Crippen LogP) is 4.97. The highest BCUT2D eigenvalue weighted by Crippen LogP contribution is 2.42. The van der Waals surface area contributed by atoms with E-state index >= 15 is 0 Å². The van der Waals surface area contributed by atoms with E-state index in [1.54, 1.807) is 0 Å². The fourth-order valence-corrected chi connectivity index (χ4v) is 3.74. The third kappa shape index (κ3) is 3.03.